The number of carbonyl (C=O) groups excluding carboxylic acids is 1. The molecule has 0 saturated carbocycles. The van der Waals surface area contributed by atoms with Gasteiger partial charge in [0.05, 0.1) is 23.9 Å². The lowest BCUT2D eigenvalue weighted by atomic mass is 10.1. The minimum Gasteiger partial charge on any atom is -0.370 e. The van der Waals surface area contributed by atoms with E-state index in [2.05, 4.69) is 9.97 Å². The van der Waals surface area contributed by atoms with Crippen molar-refractivity contribution in [1.29, 1.82) is 5.41 Å². The second kappa shape index (κ2) is 7.33. The molecule has 0 aliphatic carbocycles. The highest BCUT2D eigenvalue weighted by Crippen LogP contribution is 2.19. The molecule has 0 unspecified atom stereocenters. The molecule has 0 aliphatic heterocycles. The van der Waals surface area contributed by atoms with Crippen molar-refractivity contribution in [3.8, 4) is 0 Å². The Hall–Kier alpha value is -2.57. The first-order chi connectivity index (χ1) is 11.1. The number of amides is 1. The van der Waals surface area contributed by atoms with E-state index in [1.165, 1.54) is 4.90 Å². The van der Waals surface area contributed by atoms with Crippen LogP contribution in [0.25, 0.3) is 11.0 Å². The monoisotopic (exact) mass is 363 g/mol. The van der Waals surface area contributed by atoms with Crippen molar-refractivity contribution < 1.29 is 4.79 Å². The Kier molecular flexibility index (Phi) is 5.43. The Morgan fingerprint density at radius 3 is 2.75 bits per heavy atom. The molecule has 1 amide bonds. The van der Waals surface area contributed by atoms with Gasteiger partial charge in [0, 0.05) is 10.6 Å². The first kappa shape index (κ1) is 17.8. The van der Waals surface area contributed by atoms with Crippen LogP contribution in [-0.2, 0) is 6.54 Å². The smallest absolute Gasteiger partial charge is 0.260 e. The number of fused-ring (bicyclic) bond motifs is 1. The molecule has 0 spiro atoms. The lowest BCUT2D eigenvalue weighted by Crippen LogP contribution is -2.40. The highest BCUT2D eigenvalue weighted by Gasteiger charge is 2.20. The molecule has 3 rings (SSSR count). The summed E-state index contributed by atoms with van der Waals surface area (Å²) in [5, 5.41) is 8.23. The van der Waals surface area contributed by atoms with Crippen molar-refractivity contribution in [2.45, 2.75) is 6.54 Å². The topological polar surface area (TPSA) is 98.9 Å². The fourth-order valence-electron chi connectivity index (χ4n) is 2.29. The zero-order valence-electron chi connectivity index (χ0n) is 12.5. The Balaban J connectivity index is 0.00000208. The quantitative estimate of drug-likeness (QED) is 0.492. The average Bonchev–Trinajstić information content (AvgIpc) is 3.00. The Morgan fingerprint density at radius 2 is 2.04 bits per heavy atom. The molecule has 124 valence electrons. The van der Waals surface area contributed by atoms with Crippen molar-refractivity contribution in [2.24, 2.45) is 5.73 Å². The molecule has 0 aliphatic rings. The second-order valence-electron chi connectivity index (χ2n) is 5.00. The average molecular weight is 364 g/mol. The molecule has 0 fully saturated rings. The van der Waals surface area contributed by atoms with Crippen molar-refractivity contribution in [1.82, 2.24) is 14.9 Å². The number of nitrogens with one attached hydrogen (secondary N) is 2. The lowest BCUT2D eigenvalue weighted by molar-refractivity contribution is 0.0837. The lowest BCUT2D eigenvalue weighted by Gasteiger charge is -2.21. The third-order valence-corrected chi connectivity index (χ3v) is 3.86. The van der Waals surface area contributed by atoms with Crippen LogP contribution < -0.4 is 5.73 Å². The van der Waals surface area contributed by atoms with Crippen LogP contribution in [0.15, 0.2) is 48.8 Å². The van der Waals surface area contributed by atoms with E-state index in [1.54, 1.807) is 42.7 Å². The van der Waals surface area contributed by atoms with Crippen molar-refractivity contribution in [3.05, 3.63) is 64.9 Å². The number of rotatable bonds is 3. The molecule has 24 heavy (non-hydrogen) atoms. The number of hydrogen-bond donors (Lipinski definition) is 3. The van der Waals surface area contributed by atoms with E-state index in [9.17, 15) is 4.79 Å². The molecular formula is C16H15Cl2N5O. The number of nitrogens with two attached hydrogens (primary N) is 1. The number of aromatic nitrogens is 2. The molecule has 2 aromatic carbocycles. The van der Waals surface area contributed by atoms with Gasteiger partial charge in [-0.05, 0) is 29.8 Å². The van der Waals surface area contributed by atoms with Crippen LogP contribution >= 0.6 is 24.0 Å². The second-order valence-corrected chi connectivity index (χ2v) is 5.41. The maximum absolute atomic E-state index is 12.7. The van der Waals surface area contributed by atoms with E-state index in [4.69, 9.17) is 22.7 Å². The third-order valence-electron chi connectivity index (χ3n) is 3.49. The van der Waals surface area contributed by atoms with Gasteiger partial charge in [0.1, 0.15) is 0 Å². The number of imidazole rings is 1. The summed E-state index contributed by atoms with van der Waals surface area (Å²) < 4.78 is 0. The summed E-state index contributed by atoms with van der Waals surface area (Å²) in [4.78, 5) is 20.9. The number of nitrogens with zero attached hydrogens (tertiary/aromatic N) is 2. The van der Waals surface area contributed by atoms with Crippen molar-refractivity contribution >= 4 is 46.9 Å². The molecule has 0 radical (unpaired) electrons. The van der Waals surface area contributed by atoms with E-state index in [1.807, 2.05) is 6.07 Å². The number of carbonyl (C=O) groups is 1. The highest BCUT2D eigenvalue weighted by atomic mass is 35.5. The van der Waals surface area contributed by atoms with Crippen LogP contribution in [0.1, 0.15) is 15.9 Å². The number of halogens is 2. The number of H-pyrrole nitrogens is 1. The molecular weight excluding hydrogens is 349 g/mol. The number of hydrogen-bond acceptors (Lipinski definition) is 3. The summed E-state index contributed by atoms with van der Waals surface area (Å²) in [6, 6.07) is 12.2. The first-order valence-electron chi connectivity index (χ1n) is 6.88. The summed E-state index contributed by atoms with van der Waals surface area (Å²) in [7, 11) is 0. The van der Waals surface area contributed by atoms with Gasteiger partial charge in [0.2, 0.25) is 0 Å². The standard InChI is InChI=1S/C16H14ClN5O.ClH/c17-12-4-2-1-3-11(12)8-22(16(18)19)15(23)10-5-6-13-14(7-10)21-9-20-13;/h1-7,9H,8H2,(H3,18,19)(H,20,21);1H. The van der Waals surface area contributed by atoms with Crippen LogP contribution in [0.5, 0.6) is 0 Å². The van der Waals surface area contributed by atoms with Crippen LogP contribution in [0.4, 0.5) is 0 Å². The van der Waals surface area contributed by atoms with Crippen LogP contribution in [0.3, 0.4) is 0 Å². The Morgan fingerprint density at radius 1 is 1.29 bits per heavy atom. The minimum atomic E-state index is -0.367. The maximum atomic E-state index is 12.7. The van der Waals surface area contributed by atoms with Gasteiger partial charge in [-0.1, -0.05) is 29.8 Å². The molecule has 1 heterocycles. The van der Waals surface area contributed by atoms with Gasteiger partial charge in [0.15, 0.2) is 5.96 Å². The van der Waals surface area contributed by atoms with Crippen LogP contribution in [0.2, 0.25) is 5.02 Å². The molecule has 1 aromatic heterocycles. The van der Waals surface area contributed by atoms with E-state index >= 15 is 0 Å². The summed E-state index contributed by atoms with van der Waals surface area (Å²) in [5.74, 6) is -0.700. The van der Waals surface area contributed by atoms with E-state index < -0.39 is 0 Å². The molecule has 4 N–H and O–H groups in total. The summed E-state index contributed by atoms with van der Waals surface area (Å²) in [5.41, 5.74) is 8.25. The fourth-order valence-corrected chi connectivity index (χ4v) is 2.48. The minimum absolute atomic E-state index is 0. The molecule has 6 nitrogen and oxygen atoms in total. The highest BCUT2D eigenvalue weighted by molar-refractivity contribution is 6.31. The van der Waals surface area contributed by atoms with Gasteiger partial charge in [-0.25, -0.2) is 4.98 Å². The van der Waals surface area contributed by atoms with Crippen molar-refractivity contribution in [3.63, 3.8) is 0 Å². The zero-order valence-corrected chi connectivity index (χ0v) is 14.1. The van der Waals surface area contributed by atoms with Crippen LogP contribution in [-0.4, -0.2) is 26.7 Å². The molecule has 0 bridgehead atoms. The number of aromatic amines is 1. The largest absolute Gasteiger partial charge is 0.370 e. The fraction of sp³-hybridized carbons (Fsp3) is 0.0625. The maximum Gasteiger partial charge on any atom is 0.260 e. The van der Waals surface area contributed by atoms with E-state index in [-0.39, 0.29) is 30.8 Å². The first-order valence-corrected chi connectivity index (χ1v) is 7.26. The summed E-state index contributed by atoms with van der Waals surface area (Å²) in [6.07, 6.45) is 1.56. The molecule has 0 atom stereocenters. The van der Waals surface area contributed by atoms with Gasteiger partial charge in [0.25, 0.3) is 5.91 Å². The Bertz CT molecular complexity index is 893. The Labute approximate surface area is 149 Å². The van der Waals surface area contributed by atoms with Gasteiger partial charge >= 0.3 is 0 Å². The number of guanidine groups is 1. The van der Waals surface area contributed by atoms with Gasteiger partial charge in [-0.15, -0.1) is 12.4 Å². The van der Waals surface area contributed by atoms with E-state index in [0.29, 0.717) is 10.6 Å². The zero-order chi connectivity index (χ0) is 16.4. The van der Waals surface area contributed by atoms with Gasteiger partial charge in [-0.2, -0.15) is 0 Å². The molecule has 8 heteroatoms. The number of benzene rings is 2. The van der Waals surface area contributed by atoms with Gasteiger partial charge < -0.3 is 10.7 Å². The molecule has 0 saturated heterocycles. The predicted octanol–water partition coefficient (Wildman–Crippen LogP) is 3.17. The van der Waals surface area contributed by atoms with Crippen molar-refractivity contribution in [2.75, 3.05) is 0 Å². The predicted molar refractivity (Wildman–Crippen MR) is 96.6 cm³/mol. The third kappa shape index (κ3) is 3.50. The summed E-state index contributed by atoms with van der Waals surface area (Å²) >= 11 is 6.12. The van der Waals surface area contributed by atoms with Crippen LogP contribution in [0, 0.1) is 5.41 Å². The van der Waals surface area contributed by atoms with Gasteiger partial charge in [-0.3, -0.25) is 15.1 Å². The molecule has 3 aromatic rings. The SMILES string of the molecule is Cl.N=C(N)N(Cc1ccccc1Cl)C(=O)c1ccc2nc[nH]c2c1. The normalized spacial score (nSPS) is 10.2. The van der Waals surface area contributed by atoms with E-state index in [0.717, 1.165) is 16.6 Å². The summed E-state index contributed by atoms with van der Waals surface area (Å²) in [6.45, 7) is 0.134.